The molecule has 0 bridgehead atoms. The van der Waals surface area contributed by atoms with Crippen LogP contribution in [0.4, 0.5) is 4.79 Å². The van der Waals surface area contributed by atoms with E-state index < -0.39 is 30.1 Å². The summed E-state index contributed by atoms with van der Waals surface area (Å²) in [5.41, 5.74) is 4.48. The minimum absolute atomic E-state index is 0.0763. The fourth-order valence-electron chi connectivity index (χ4n) is 4.16. The number of carboxylic acid groups (broad SMARTS) is 1. The molecule has 2 aromatic carbocycles. The van der Waals surface area contributed by atoms with Crippen molar-refractivity contribution >= 4 is 18.0 Å². The Kier molecular flexibility index (Phi) is 7.87. The lowest BCUT2D eigenvalue weighted by Gasteiger charge is -2.21. The number of carbonyl (C=O) groups is 3. The molecule has 3 N–H and O–H groups in total. The molecule has 2 aromatic rings. The van der Waals surface area contributed by atoms with Gasteiger partial charge in [-0.1, -0.05) is 75.2 Å². The van der Waals surface area contributed by atoms with Crippen LogP contribution in [-0.4, -0.2) is 41.8 Å². The summed E-state index contributed by atoms with van der Waals surface area (Å²) in [5.74, 6) is -1.68. The van der Waals surface area contributed by atoms with E-state index >= 15 is 0 Å². The minimum atomic E-state index is -1.09. The van der Waals surface area contributed by atoms with Crippen molar-refractivity contribution in [1.29, 1.82) is 0 Å². The van der Waals surface area contributed by atoms with Crippen LogP contribution in [0.25, 0.3) is 11.1 Å². The molecule has 2 atom stereocenters. The molecule has 170 valence electrons. The van der Waals surface area contributed by atoms with Crippen LogP contribution in [-0.2, 0) is 14.3 Å². The monoisotopic (exact) mass is 438 g/mol. The molecule has 0 aliphatic heterocycles. The number of rotatable bonds is 10. The maximum absolute atomic E-state index is 12.6. The molecule has 2 amide bonds. The molecular weight excluding hydrogens is 408 g/mol. The first-order valence-corrected chi connectivity index (χ1v) is 11.1. The van der Waals surface area contributed by atoms with E-state index in [0.717, 1.165) is 22.3 Å². The minimum Gasteiger partial charge on any atom is -0.480 e. The molecule has 0 radical (unpaired) electrons. The van der Waals surface area contributed by atoms with Crippen LogP contribution >= 0.6 is 0 Å². The van der Waals surface area contributed by atoms with Gasteiger partial charge in [-0.25, -0.2) is 9.59 Å². The number of carbonyl (C=O) groups excluding carboxylic acids is 2. The average Bonchev–Trinajstić information content (AvgIpc) is 3.10. The first kappa shape index (κ1) is 23.3. The number of nitrogens with one attached hydrogen (secondary N) is 2. The quantitative estimate of drug-likeness (QED) is 0.519. The SMILES string of the molecule is CCC[C@H](NC(=O)[C@H](CCC)NC(=O)OCC1c2ccccc2-c2ccccc21)C(=O)O. The number of benzene rings is 2. The van der Waals surface area contributed by atoms with Gasteiger partial charge < -0.3 is 20.5 Å². The van der Waals surface area contributed by atoms with Gasteiger partial charge in [-0.3, -0.25) is 4.79 Å². The van der Waals surface area contributed by atoms with E-state index in [9.17, 15) is 19.5 Å². The zero-order chi connectivity index (χ0) is 23.1. The summed E-state index contributed by atoms with van der Waals surface area (Å²) in [5, 5.41) is 14.4. The molecule has 0 spiro atoms. The van der Waals surface area contributed by atoms with E-state index in [2.05, 4.69) is 22.8 Å². The van der Waals surface area contributed by atoms with E-state index in [1.54, 1.807) is 0 Å². The standard InChI is InChI=1S/C25H30N2O5/c1-3-9-21(23(28)26-22(10-4-2)24(29)30)27-25(31)32-15-20-18-13-7-5-11-16(18)17-12-6-8-14-19(17)20/h5-8,11-14,20-22H,3-4,9-10,15H2,1-2H3,(H,26,28)(H,27,31)(H,29,30)/t21-,22-/m0/s1. The van der Waals surface area contributed by atoms with Crippen molar-refractivity contribution in [2.24, 2.45) is 0 Å². The fourth-order valence-corrected chi connectivity index (χ4v) is 4.16. The Morgan fingerprint density at radius 3 is 1.94 bits per heavy atom. The summed E-state index contributed by atoms with van der Waals surface area (Å²) in [6.45, 7) is 3.88. The number of ether oxygens (including phenoxy) is 1. The number of amides is 2. The Hall–Kier alpha value is -3.35. The van der Waals surface area contributed by atoms with Gasteiger partial charge in [0.05, 0.1) is 0 Å². The van der Waals surface area contributed by atoms with Gasteiger partial charge in [0, 0.05) is 5.92 Å². The Balaban J connectivity index is 1.64. The lowest BCUT2D eigenvalue weighted by molar-refractivity contribution is -0.142. The highest BCUT2D eigenvalue weighted by Gasteiger charge is 2.30. The third-order valence-corrected chi connectivity index (χ3v) is 5.72. The topological polar surface area (TPSA) is 105 Å². The Labute approximate surface area is 188 Å². The second-order valence-electron chi connectivity index (χ2n) is 8.00. The maximum atomic E-state index is 12.6. The molecule has 3 rings (SSSR count). The second kappa shape index (κ2) is 10.8. The summed E-state index contributed by atoms with van der Waals surface area (Å²) >= 11 is 0. The first-order valence-electron chi connectivity index (χ1n) is 11.1. The number of aliphatic carboxylic acids is 1. The second-order valence-corrected chi connectivity index (χ2v) is 8.00. The van der Waals surface area contributed by atoms with Crippen molar-refractivity contribution in [2.75, 3.05) is 6.61 Å². The van der Waals surface area contributed by atoms with Crippen LogP contribution in [0.15, 0.2) is 48.5 Å². The number of hydrogen-bond donors (Lipinski definition) is 3. The molecule has 0 unspecified atom stereocenters. The molecule has 1 aliphatic carbocycles. The van der Waals surface area contributed by atoms with Gasteiger partial charge in [0.1, 0.15) is 18.7 Å². The van der Waals surface area contributed by atoms with Gasteiger partial charge in [0.25, 0.3) is 0 Å². The van der Waals surface area contributed by atoms with Crippen LogP contribution in [0.3, 0.4) is 0 Å². The van der Waals surface area contributed by atoms with Gasteiger partial charge in [-0.15, -0.1) is 0 Å². The van der Waals surface area contributed by atoms with Crippen molar-refractivity contribution in [2.45, 2.75) is 57.5 Å². The van der Waals surface area contributed by atoms with Crippen LogP contribution in [0.2, 0.25) is 0 Å². The third-order valence-electron chi connectivity index (χ3n) is 5.72. The zero-order valence-corrected chi connectivity index (χ0v) is 18.5. The van der Waals surface area contributed by atoms with E-state index in [-0.39, 0.29) is 12.5 Å². The molecule has 32 heavy (non-hydrogen) atoms. The van der Waals surface area contributed by atoms with E-state index in [0.29, 0.717) is 25.7 Å². The Bertz CT molecular complexity index is 929. The predicted octanol–water partition coefficient (Wildman–Crippen LogP) is 4.06. The highest BCUT2D eigenvalue weighted by Crippen LogP contribution is 2.44. The summed E-state index contributed by atoms with van der Waals surface area (Å²) in [4.78, 5) is 36.5. The normalized spacial score (nSPS) is 14.1. The lowest BCUT2D eigenvalue weighted by Crippen LogP contribution is -2.51. The van der Waals surface area contributed by atoms with Gasteiger partial charge in [-0.2, -0.15) is 0 Å². The van der Waals surface area contributed by atoms with E-state index in [1.165, 1.54) is 0 Å². The number of alkyl carbamates (subject to hydrolysis) is 1. The molecule has 0 saturated carbocycles. The molecule has 0 heterocycles. The van der Waals surface area contributed by atoms with Crippen LogP contribution < -0.4 is 10.6 Å². The summed E-state index contributed by atoms with van der Waals surface area (Å²) in [6, 6.07) is 14.3. The average molecular weight is 439 g/mol. The lowest BCUT2D eigenvalue weighted by atomic mass is 9.98. The van der Waals surface area contributed by atoms with Crippen LogP contribution in [0.5, 0.6) is 0 Å². The molecule has 0 fully saturated rings. The van der Waals surface area contributed by atoms with Crippen molar-refractivity contribution < 1.29 is 24.2 Å². The largest absolute Gasteiger partial charge is 0.480 e. The third kappa shape index (κ3) is 5.28. The van der Waals surface area contributed by atoms with Gasteiger partial charge in [0.2, 0.25) is 5.91 Å². The smallest absolute Gasteiger partial charge is 0.407 e. The molecular formula is C25H30N2O5. The summed E-state index contributed by atoms with van der Waals surface area (Å²) < 4.78 is 5.52. The summed E-state index contributed by atoms with van der Waals surface area (Å²) in [7, 11) is 0. The Morgan fingerprint density at radius 2 is 1.41 bits per heavy atom. The fraction of sp³-hybridized carbons (Fsp3) is 0.400. The van der Waals surface area contributed by atoms with E-state index in [1.807, 2.05) is 50.2 Å². The van der Waals surface area contributed by atoms with Crippen molar-refractivity contribution in [1.82, 2.24) is 10.6 Å². The summed E-state index contributed by atoms with van der Waals surface area (Å²) in [6.07, 6.45) is 1.28. The van der Waals surface area contributed by atoms with Crippen molar-refractivity contribution in [3.05, 3.63) is 59.7 Å². The maximum Gasteiger partial charge on any atom is 0.407 e. The van der Waals surface area contributed by atoms with Crippen molar-refractivity contribution in [3.8, 4) is 11.1 Å². The van der Waals surface area contributed by atoms with Gasteiger partial charge >= 0.3 is 12.1 Å². The highest BCUT2D eigenvalue weighted by molar-refractivity contribution is 5.89. The van der Waals surface area contributed by atoms with Crippen LogP contribution in [0, 0.1) is 0 Å². The number of hydrogen-bond acceptors (Lipinski definition) is 4. The van der Waals surface area contributed by atoms with E-state index in [4.69, 9.17) is 4.74 Å². The van der Waals surface area contributed by atoms with Crippen LogP contribution in [0.1, 0.15) is 56.6 Å². The van der Waals surface area contributed by atoms with Gasteiger partial charge in [0.15, 0.2) is 0 Å². The molecule has 0 aromatic heterocycles. The van der Waals surface area contributed by atoms with Crippen molar-refractivity contribution in [3.63, 3.8) is 0 Å². The molecule has 7 nitrogen and oxygen atoms in total. The molecule has 1 aliphatic rings. The highest BCUT2D eigenvalue weighted by atomic mass is 16.5. The zero-order valence-electron chi connectivity index (χ0n) is 18.5. The predicted molar refractivity (Wildman–Crippen MR) is 121 cm³/mol. The van der Waals surface area contributed by atoms with Gasteiger partial charge in [-0.05, 0) is 35.1 Å². The number of carboxylic acids is 1. The first-order chi connectivity index (χ1) is 15.5. The Morgan fingerprint density at radius 1 is 0.875 bits per heavy atom. The molecule has 0 saturated heterocycles. The number of fused-ring (bicyclic) bond motifs is 3. The molecule has 7 heteroatoms.